The highest BCUT2D eigenvalue weighted by atomic mass is 19.3. The Morgan fingerprint density at radius 3 is 1.80 bits per heavy atom. The van der Waals surface area contributed by atoms with Crippen LogP contribution in [0.4, 0.5) is 30.7 Å². The molecule has 0 saturated heterocycles. The van der Waals surface area contributed by atoms with Crippen LogP contribution < -0.4 is 4.74 Å². The molecular weight excluding hydrogens is 545 g/mol. The molecule has 2 aliphatic carbocycles. The van der Waals surface area contributed by atoms with Crippen LogP contribution in [0.2, 0.25) is 0 Å². The van der Waals surface area contributed by atoms with E-state index in [-0.39, 0.29) is 17.7 Å². The number of rotatable bonds is 6. The molecular formula is C33H33F7O. The standard InChI is InChI=1S/C33H33F7O/c1-19-3-2-4-20(6-5-19)21-7-9-22(10-8-21)23-11-13-24(14-12-23)25-15-27(34)31(28(35)16-25)33(39,40)41-26-17-29(36)32(38)30(37)18-26/h11-22H,2-10H2,1H3. The third-order valence-corrected chi connectivity index (χ3v) is 8.99. The van der Waals surface area contributed by atoms with Gasteiger partial charge in [0.2, 0.25) is 0 Å². The zero-order valence-electron chi connectivity index (χ0n) is 22.8. The third kappa shape index (κ3) is 6.57. The normalized spacial score (nSPS) is 23.7. The average Bonchev–Trinajstić information content (AvgIpc) is 3.15. The first-order chi connectivity index (χ1) is 19.5. The fraction of sp³-hybridized carbons (Fsp3) is 0.455. The summed E-state index contributed by atoms with van der Waals surface area (Å²) in [6.45, 7) is 2.35. The van der Waals surface area contributed by atoms with E-state index in [1.807, 2.05) is 12.1 Å². The SMILES string of the molecule is CC1CCCC(C2CCC(c3ccc(-c4cc(F)c(C(F)(F)Oc5cc(F)c(F)c(F)c5)c(F)c4)cc3)CC2)CC1. The van der Waals surface area contributed by atoms with Gasteiger partial charge in [-0.25, -0.2) is 22.0 Å². The zero-order valence-corrected chi connectivity index (χ0v) is 22.8. The summed E-state index contributed by atoms with van der Waals surface area (Å²) in [6, 6.07) is 9.15. The second kappa shape index (κ2) is 12.1. The number of hydrogen-bond acceptors (Lipinski definition) is 1. The second-order valence-corrected chi connectivity index (χ2v) is 11.7. The molecule has 0 spiro atoms. The maximum Gasteiger partial charge on any atom is 0.432 e. The first kappa shape index (κ1) is 29.5. The van der Waals surface area contributed by atoms with Crippen LogP contribution in [-0.2, 0) is 6.11 Å². The van der Waals surface area contributed by atoms with Crippen molar-refractivity contribution in [3.05, 3.63) is 88.7 Å². The highest BCUT2D eigenvalue weighted by Crippen LogP contribution is 2.44. The Morgan fingerprint density at radius 1 is 0.634 bits per heavy atom. The number of ether oxygens (including phenoxy) is 1. The Labute approximate surface area is 235 Å². The van der Waals surface area contributed by atoms with Gasteiger partial charge in [0.05, 0.1) is 0 Å². The molecule has 2 unspecified atom stereocenters. The van der Waals surface area contributed by atoms with Crippen LogP contribution in [0.3, 0.4) is 0 Å². The molecule has 3 aromatic carbocycles. The third-order valence-electron chi connectivity index (χ3n) is 8.99. The van der Waals surface area contributed by atoms with Crippen molar-refractivity contribution in [2.45, 2.75) is 76.7 Å². The average molecular weight is 579 g/mol. The van der Waals surface area contributed by atoms with Crippen molar-refractivity contribution in [2.24, 2.45) is 17.8 Å². The van der Waals surface area contributed by atoms with Crippen LogP contribution in [-0.4, -0.2) is 0 Å². The molecule has 220 valence electrons. The van der Waals surface area contributed by atoms with Crippen molar-refractivity contribution in [1.29, 1.82) is 0 Å². The fourth-order valence-electron chi connectivity index (χ4n) is 6.67. The molecule has 0 aliphatic heterocycles. The molecule has 0 radical (unpaired) electrons. The lowest BCUT2D eigenvalue weighted by Gasteiger charge is -2.34. The first-order valence-electron chi connectivity index (χ1n) is 14.3. The predicted molar refractivity (Wildman–Crippen MR) is 143 cm³/mol. The van der Waals surface area contributed by atoms with Crippen LogP contribution in [0.25, 0.3) is 11.1 Å². The van der Waals surface area contributed by atoms with Crippen molar-refractivity contribution in [3.8, 4) is 16.9 Å². The van der Waals surface area contributed by atoms with E-state index in [1.165, 1.54) is 44.9 Å². The highest BCUT2D eigenvalue weighted by Gasteiger charge is 2.41. The minimum Gasteiger partial charge on any atom is -0.429 e. The number of halogens is 7. The maximum absolute atomic E-state index is 14.8. The Balaban J connectivity index is 1.26. The number of alkyl halides is 2. The molecule has 3 aromatic rings. The Bertz CT molecular complexity index is 1320. The smallest absolute Gasteiger partial charge is 0.429 e. The van der Waals surface area contributed by atoms with Crippen molar-refractivity contribution in [1.82, 2.24) is 0 Å². The quantitative estimate of drug-likeness (QED) is 0.161. The van der Waals surface area contributed by atoms with Gasteiger partial charge in [0, 0.05) is 12.1 Å². The lowest BCUT2D eigenvalue weighted by atomic mass is 9.72. The lowest BCUT2D eigenvalue weighted by molar-refractivity contribution is -0.189. The summed E-state index contributed by atoms with van der Waals surface area (Å²) in [5.74, 6) is -6.90. The van der Waals surface area contributed by atoms with Gasteiger partial charge < -0.3 is 4.74 Å². The molecule has 0 N–H and O–H groups in total. The molecule has 2 saturated carbocycles. The van der Waals surface area contributed by atoms with Crippen LogP contribution >= 0.6 is 0 Å². The summed E-state index contributed by atoms with van der Waals surface area (Å²) in [7, 11) is 0. The lowest BCUT2D eigenvalue weighted by Crippen LogP contribution is -2.25. The summed E-state index contributed by atoms with van der Waals surface area (Å²) in [5.41, 5.74) is -0.0663. The van der Waals surface area contributed by atoms with Crippen molar-refractivity contribution < 1.29 is 35.5 Å². The van der Waals surface area contributed by atoms with E-state index in [0.29, 0.717) is 11.5 Å². The largest absolute Gasteiger partial charge is 0.432 e. The highest BCUT2D eigenvalue weighted by molar-refractivity contribution is 5.64. The van der Waals surface area contributed by atoms with Gasteiger partial charge in [-0.1, -0.05) is 56.9 Å². The van der Waals surface area contributed by atoms with Gasteiger partial charge in [-0.05, 0) is 84.6 Å². The van der Waals surface area contributed by atoms with Crippen LogP contribution in [0.5, 0.6) is 5.75 Å². The summed E-state index contributed by atoms with van der Waals surface area (Å²) < 4.78 is 103. The summed E-state index contributed by atoms with van der Waals surface area (Å²) in [5, 5.41) is 0. The van der Waals surface area contributed by atoms with Crippen molar-refractivity contribution >= 4 is 0 Å². The summed E-state index contributed by atoms with van der Waals surface area (Å²) in [6.07, 6.45) is 6.65. The van der Waals surface area contributed by atoms with E-state index in [1.54, 1.807) is 12.1 Å². The minimum absolute atomic E-state index is 0.0521. The molecule has 1 nitrogen and oxygen atoms in total. The molecule has 0 amide bonds. The van der Waals surface area contributed by atoms with Crippen LogP contribution in [0.15, 0.2) is 48.5 Å². The van der Waals surface area contributed by atoms with Gasteiger partial charge in [0.25, 0.3) is 0 Å². The van der Waals surface area contributed by atoms with Crippen molar-refractivity contribution in [3.63, 3.8) is 0 Å². The molecule has 0 bridgehead atoms. The molecule has 2 atom stereocenters. The molecule has 0 aromatic heterocycles. The monoisotopic (exact) mass is 578 g/mol. The predicted octanol–water partition coefficient (Wildman–Crippen LogP) is 10.7. The van der Waals surface area contributed by atoms with Crippen molar-refractivity contribution in [2.75, 3.05) is 0 Å². The van der Waals surface area contributed by atoms with E-state index >= 15 is 0 Å². The second-order valence-electron chi connectivity index (χ2n) is 11.7. The molecule has 5 rings (SSSR count). The Kier molecular flexibility index (Phi) is 8.67. The maximum atomic E-state index is 14.8. The topological polar surface area (TPSA) is 9.23 Å². The van der Waals surface area contributed by atoms with Gasteiger partial charge in [0.1, 0.15) is 22.9 Å². The number of benzene rings is 3. The van der Waals surface area contributed by atoms with E-state index in [2.05, 4.69) is 11.7 Å². The van der Waals surface area contributed by atoms with E-state index in [4.69, 9.17) is 0 Å². The van der Waals surface area contributed by atoms with Gasteiger partial charge >= 0.3 is 6.11 Å². The molecule has 41 heavy (non-hydrogen) atoms. The Morgan fingerprint density at radius 2 is 1.20 bits per heavy atom. The van der Waals surface area contributed by atoms with Gasteiger partial charge in [0.15, 0.2) is 17.5 Å². The summed E-state index contributed by atoms with van der Waals surface area (Å²) >= 11 is 0. The summed E-state index contributed by atoms with van der Waals surface area (Å²) in [4.78, 5) is 0. The first-order valence-corrected chi connectivity index (χ1v) is 14.3. The molecule has 8 heteroatoms. The number of hydrogen-bond donors (Lipinski definition) is 0. The van der Waals surface area contributed by atoms with E-state index < -0.39 is 46.5 Å². The molecule has 2 aliphatic rings. The van der Waals surface area contributed by atoms with Gasteiger partial charge in [-0.2, -0.15) is 8.78 Å². The molecule has 0 heterocycles. The van der Waals surface area contributed by atoms with Crippen LogP contribution in [0, 0.1) is 46.8 Å². The van der Waals surface area contributed by atoms with Crippen LogP contribution in [0.1, 0.15) is 81.8 Å². The minimum atomic E-state index is -4.62. The molecule has 2 fully saturated rings. The Hall–Kier alpha value is -3.03. The zero-order chi connectivity index (χ0) is 29.3. The van der Waals surface area contributed by atoms with E-state index in [0.717, 1.165) is 48.3 Å². The fourth-order valence-corrected chi connectivity index (χ4v) is 6.67. The van der Waals surface area contributed by atoms with E-state index in [9.17, 15) is 30.7 Å². The van der Waals surface area contributed by atoms with Gasteiger partial charge in [-0.3, -0.25) is 0 Å². The van der Waals surface area contributed by atoms with Gasteiger partial charge in [-0.15, -0.1) is 0 Å².